The van der Waals surface area contributed by atoms with Crippen LogP contribution in [0.1, 0.15) is 42.0 Å². The van der Waals surface area contributed by atoms with Gasteiger partial charge in [0.25, 0.3) is 0 Å². The summed E-state index contributed by atoms with van der Waals surface area (Å²) in [5.41, 5.74) is 8.16. The van der Waals surface area contributed by atoms with Crippen LogP contribution in [0.5, 0.6) is 0 Å². The van der Waals surface area contributed by atoms with E-state index in [0.29, 0.717) is 5.92 Å². The number of rotatable bonds is 2. The van der Waals surface area contributed by atoms with Crippen molar-refractivity contribution in [2.24, 2.45) is 0 Å². The molecule has 0 saturated heterocycles. The summed E-state index contributed by atoms with van der Waals surface area (Å²) in [7, 11) is 0. The lowest BCUT2D eigenvalue weighted by Crippen LogP contribution is -1.96. The molecule has 0 saturated carbocycles. The summed E-state index contributed by atoms with van der Waals surface area (Å²) < 4.78 is 0. The first-order chi connectivity index (χ1) is 16.5. The molecule has 0 amide bonds. The van der Waals surface area contributed by atoms with Crippen LogP contribution in [0.25, 0.3) is 54.2 Å². The molecule has 0 aliphatic heterocycles. The topological polar surface area (TPSA) is 0 Å². The molecule has 0 nitrogen and oxygen atoms in total. The molecular weight excluding hydrogens is 408 g/mol. The largest absolute Gasteiger partial charge is 0.0620 e. The minimum atomic E-state index is 0.454. The van der Waals surface area contributed by atoms with Crippen molar-refractivity contribution >= 4 is 43.1 Å². The molecule has 166 valence electrons. The van der Waals surface area contributed by atoms with Gasteiger partial charge in [0.15, 0.2) is 0 Å². The smallest absolute Gasteiger partial charge is 0.00604 e. The Hall–Kier alpha value is -3.64. The molecular formula is C34H30. The van der Waals surface area contributed by atoms with Gasteiger partial charge in [-0.15, -0.1) is 0 Å². The highest BCUT2D eigenvalue weighted by Gasteiger charge is 2.19. The monoisotopic (exact) mass is 438 g/mol. The Kier molecular flexibility index (Phi) is 4.74. The van der Waals surface area contributed by atoms with Gasteiger partial charge in [0.05, 0.1) is 0 Å². The Morgan fingerprint density at radius 3 is 2.03 bits per heavy atom. The summed E-state index contributed by atoms with van der Waals surface area (Å²) in [6, 6.07) is 31.6. The molecule has 0 aliphatic rings. The zero-order chi connectivity index (χ0) is 23.6. The van der Waals surface area contributed by atoms with Crippen molar-refractivity contribution in [3.05, 3.63) is 107 Å². The summed E-state index contributed by atoms with van der Waals surface area (Å²) in [5.74, 6) is 0.454. The number of benzene rings is 6. The van der Waals surface area contributed by atoms with Crippen molar-refractivity contribution in [2.45, 2.75) is 40.5 Å². The lowest BCUT2D eigenvalue weighted by atomic mass is 9.82. The van der Waals surface area contributed by atoms with Crippen molar-refractivity contribution in [3.8, 4) is 11.1 Å². The van der Waals surface area contributed by atoms with Crippen molar-refractivity contribution in [2.75, 3.05) is 0 Å². The molecule has 6 aromatic rings. The van der Waals surface area contributed by atoms with Crippen LogP contribution in [0, 0.1) is 20.8 Å². The third kappa shape index (κ3) is 2.91. The lowest BCUT2D eigenvalue weighted by molar-refractivity contribution is 0.877. The van der Waals surface area contributed by atoms with Crippen LogP contribution >= 0.6 is 0 Å². The second-order valence-electron chi connectivity index (χ2n) is 10.0. The molecule has 0 atom stereocenters. The summed E-state index contributed by atoms with van der Waals surface area (Å²) >= 11 is 0. The Morgan fingerprint density at radius 1 is 0.500 bits per heavy atom. The van der Waals surface area contributed by atoms with Gasteiger partial charge in [-0.3, -0.25) is 0 Å². The van der Waals surface area contributed by atoms with Crippen molar-refractivity contribution < 1.29 is 0 Å². The maximum atomic E-state index is 2.42. The zero-order valence-electron chi connectivity index (χ0n) is 20.7. The van der Waals surface area contributed by atoms with Gasteiger partial charge in [0.1, 0.15) is 0 Å². The molecule has 0 unspecified atom stereocenters. The van der Waals surface area contributed by atoms with E-state index in [1.54, 1.807) is 0 Å². The average Bonchev–Trinajstić information content (AvgIpc) is 2.84. The van der Waals surface area contributed by atoms with E-state index < -0.39 is 0 Å². The Balaban J connectivity index is 1.91. The van der Waals surface area contributed by atoms with Gasteiger partial charge in [0, 0.05) is 0 Å². The van der Waals surface area contributed by atoms with Crippen LogP contribution < -0.4 is 0 Å². The van der Waals surface area contributed by atoms with Gasteiger partial charge in [-0.05, 0) is 109 Å². The fourth-order valence-corrected chi connectivity index (χ4v) is 6.05. The number of hydrogen-bond acceptors (Lipinski definition) is 0. The third-order valence-electron chi connectivity index (χ3n) is 7.74. The van der Waals surface area contributed by atoms with E-state index in [-0.39, 0.29) is 0 Å². The first-order valence-corrected chi connectivity index (χ1v) is 12.3. The predicted octanol–water partition coefficient (Wildman–Crippen LogP) is 10.0. The number of fused-ring (bicyclic) bond motifs is 7. The van der Waals surface area contributed by atoms with Gasteiger partial charge >= 0.3 is 0 Å². The summed E-state index contributed by atoms with van der Waals surface area (Å²) in [4.78, 5) is 0. The van der Waals surface area contributed by atoms with Crippen molar-refractivity contribution in [1.29, 1.82) is 0 Å². The van der Waals surface area contributed by atoms with E-state index >= 15 is 0 Å². The standard InChI is InChI=1S/C34H30/c1-20(2)25-15-10-16-30-32-23(5)28(26-13-8-6-11-21(26)3)17-18-29(32)31-19-24-12-7-9-14-27(24)22(4)33(31)34(25)30/h6-20H,1-5H3. The molecule has 0 radical (unpaired) electrons. The molecule has 0 spiro atoms. The molecule has 0 aliphatic carbocycles. The highest BCUT2D eigenvalue weighted by molar-refractivity contribution is 6.30. The van der Waals surface area contributed by atoms with Gasteiger partial charge < -0.3 is 0 Å². The molecule has 0 heteroatoms. The molecule has 0 fully saturated rings. The van der Waals surface area contributed by atoms with E-state index in [1.165, 1.54) is 76.5 Å². The Bertz CT molecular complexity index is 1750. The predicted molar refractivity (Wildman–Crippen MR) is 150 cm³/mol. The minimum Gasteiger partial charge on any atom is -0.0620 e. The highest BCUT2D eigenvalue weighted by atomic mass is 14.2. The first kappa shape index (κ1) is 20.9. The number of aryl methyl sites for hydroxylation is 3. The number of hydrogen-bond donors (Lipinski definition) is 0. The van der Waals surface area contributed by atoms with Crippen LogP contribution in [0.2, 0.25) is 0 Å². The van der Waals surface area contributed by atoms with Crippen molar-refractivity contribution in [1.82, 2.24) is 0 Å². The maximum absolute atomic E-state index is 2.42. The second kappa shape index (κ2) is 7.71. The minimum absolute atomic E-state index is 0.454. The average molecular weight is 439 g/mol. The van der Waals surface area contributed by atoms with E-state index in [4.69, 9.17) is 0 Å². The molecule has 0 aromatic heterocycles. The van der Waals surface area contributed by atoms with E-state index in [0.717, 1.165) is 0 Å². The van der Waals surface area contributed by atoms with Crippen LogP contribution in [-0.4, -0.2) is 0 Å². The Labute approximate surface area is 201 Å². The maximum Gasteiger partial charge on any atom is -0.00604 e. The molecule has 6 aromatic carbocycles. The molecule has 6 rings (SSSR count). The van der Waals surface area contributed by atoms with Gasteiger partial charge in [-0.1, -0.05) is 92.7 Å². The van der Waals surface area contributed by atoms with Crippen molar-refractivity contribution in [3.63, 3.8) is 0 Å². The van der Waals surface area contributed by atoms with Gasteiger partial charge in [0.2, 0.25) is 0 Å². The fourth-order valence-electron chi connectivity index (χ4n) is 6.05. The zero-order valence-corrected chi connectivity index (χ0v) is 20.7. The van der Waals surface area contributed by atoms with Crippen LogP contribution in [0.4, 0.5) is 0 Å². The summed E-state index contributed by atoms with van der Waals surface area (Å²) in [6.07, 6.45) is 0. The summed E-state index contributed by atoms with van der Waals surface area (Å²) in [6.45, 7) is 11.5. The highest BCUT2D eigenvalue weighted by Crippen LogP contribution is 2.45. The lowest BCUT2D eigenvalue weighted by Gasteiger charge is -2.21. The Morgan fingerprint density at radius 2 is 1.24 bits per heavy atom. The second-order valence-corrected chi connectivity index (χ2v) is 10.0. The van der Waals surface area contributed by atoms with Crippen LogP contribution in [0.15, 0.2) is 84.9 Å². The first-order valence-electron chi connectivity index (χ1n) is 12.3. The fraction of sp³-hybridized carbons (Fsp3) is 0.176. The molecule has 0 heterocycles. The van der Waals surface area contributed by atoms with Crippen LogP contribution in [-0.2, 0) is 0 Å². The SMILES string of the molecule is Cc1ccccc1-c1ccc2c3cc4ccccc4c(C)c3c3c(C(C)C)cccc3c2c1C. The molecule has 0 N–H and O–H groups in total. The van der Waals surface area contributed by atoms with E-state index in [1.807, 2.05) is 0 Å². The molecule has 34 heavy (non-hydrogen) atoms. The molecule has 0 bridgehead atoms. The van der Waals surface area contributed by atoms with E-state index in [2.05, 4.69) is 120 Å². The summed E-state index contributed by atoms with van der Waals surface area (Å²) in [5, 5.41) is 11.0. The quantitative estimate of drug-likeness (QED) is 0.186. The van der Waals surface area contributed by atoms with Gasteiger partial charge in [-0.25, -0.2) is 0 Å². The normalized spacial score (nSPS) is 11.9. The van der Waals surface area contributed by atoms with Gasteiger partial charge in [-0.2, -0.15) is 0 Å². The van der Waals surface area contributed by atoms with Crippen LogP contribution in [0.3, 0.4) is 0 Å². The third-order valence-corrected chi connectivity index (χ3v) is 7.74. The van der Waals surface area contributed by atoms with E-state index in [9.17, 15) is 0 Å².